The second kappa shape index (κ2) is 7.57. The van der Waals surface area contributed by atoms with Crippen molar-refractivity contribution in [2.45, 2.75) is 38.3 Å². The van der Waals surface area contributed by atoms with Crippen LogP contribution < -0.4 is 5.73 Å². The molecule has 2 rings (SSSR count). The number of ether oxygens (including phenoxy) is 1. The van der Waals surface area contributed by atoms with Crippen LogP contribution in [0.25, 0.3) is 0 Å². The van der Waals surface area contributed by atoms with Crippen LogP contribution in [0.4, 0.5) is 0 Å². The van der Waals surface area contributed by atoms with Crippen LogP contribution in [0.5, 0.6) is 0 Å². The highest BCUT2D eigenvalue weighted by Gasteiger charge is 2.26. The van der Waals surface area contributed by atoms with Crippen molar-refractivity contribution in [1.29, 1.82) is 0 Å². The van der Waals surface area contributed by atoms with Gasteiger partial charge in [-0.05, 0) is 24.8 Å². The first-order valence-corrected chi connectivity index (χ1v) is 7.76. The zero-order valence-electron chi connectivity index (χ0n) is 13.0. The smallest absolute Gasteiger partial charge is 0.227 e. The van der Waals surface area contributed by atoms with Gasteiger partial charge in [-0.2, -0.15) is 0 Å². The molecule has 0 aliphatic carbocycles. The molecular formula is C17H26N2O2. The predicted molar refractivity (Wildman–Crippen MR) is 83.8 cm³/mol. The molecule has 4 heteroatoms. The average molecular weight is 290 g/mol. The second-order valence-electron chi connectivity index (χ2n) is 5.93. The molecule has 0 saturated carbocycles. The molecule has 1 aliphatic heterocycles. The molecule has 21 heavy (non-hydrogen) atoms. The summed E-state index contributed by atoms with van der Waals surface area (Å²) in [5.41, 5.74) is 7.23. The Bertz CT molecular complexity index is 443. The lowest BCUT2D eigenvalue weighted by molar-refractivity contribution is -0.136. The number of benzene rings is 1. The minimum Gasteiger partial charge on any atom is -0.376 e. The lowest BCUT2D eigenvalue weighted by Crippen LogP contribution is -2.42. The van der Waals surface area contributed by atoms with Gasteiger partial charge in [-0.25, -0.2) is 0 Å². The van der Waals surface area contributed by atoms with Crippen LogP contribution in [-0.2, 0) is 9.53 Å². The molecule has 1 heterocycles. The summed E-state index contributed by atoms with van der Waals surface area (Å²) in [5, 5.41) is 0. The molecule has 1 saturated heterocycles. The van der Waals surface area contributed by atoms with Gasteiger partial charge in [0.15, 0.2) is 0 Å². The molecule has 0 bridgehead atoms. The molecule has 2 N–H and O–H groups in total. The number of hydrogen-bond acceptors (Lipinski definition) is 3. The van der Waals surface area contributed by atoms with E-state index < -0.39 is 0 Å². The lowest BCUT2D eigenvalue weighted by atomic mass is 9.94. The van der Waals surface area contributed by atoms with Crippen molar-refractivity contribution in [1.82, 2.24) is 4.90 Å². The van der Waals surface area contributed by atoms with Crippen LogP contribution in [0.2, 0.25) is 0 Å². The number of amides is 1. The van der Waals surface area contributed by atoms with Gasteiger partial charge in [0.2, 0.25) is 5.91 Å². The molecule has 0 aromatic heterocycles. The van der Waals surface area contributed by atoms with E-state index in [-0.39, 0.29) is 24.0 Å². The first kappa shape index (κ1) is 16.0. The molecule has 1 fully saturated rings. The van der Waals surface area contributed by atoms with Crippen molar-refractivity contribution in [2.75, 3.05) is 20.2 Å². The number of likely N-dealkylation sites (N-methyl/N-ethyl adjacent to an activating group) is 1. The number of hydrogen-bond donors (Lipinski definition) is 1. The van der Waals surface area contributed by atoms with E-state index in [1.165, 1.54) is 6.42 Å². The van der Waals surface area contributed by atoms with E-state index in [9.17, 15) is 4.79 Å². The second-order valence-corrected chi connectivity index (χ2v) is 5.93. The molecule has 1 aromatic carbocycles. The molecule has 4 nitrogen and oxygen atoms in total. The standard InChI is InChI=1S/C17H26N2O2/c1-13(16(18)14-8-4-3-5-9-14)17(20)19(2)12-15-10-6-7-11-21-15/h3-5,8-9,13,15-16H,6-7,10-12,18H2,1-2H3/t13-,15-,16-/m0/s1. The fourth-order valence-corrected chi connectivity index (χ4v) is 2.81. The Labute approximate surface area is 127 Å². The maximum Gasteiger partial charge on any atom is 0.227 e. The first-order valence-electron chi connectivity index (χ1n) is 7.76. The van der Waals surface area contributed by atoms with Gasteiger partial charge in [0.25, 0.3) is 0 Å². The number of nitrogens with zero attached hydrogens (tertiary/aromatic N) is 1. The van der Waals surface area contributed by atoms with Gasteiger partial charge in [0.05, 0.1) is 12.0 Å². The fraction of sp³-hybridized carbons (Fsp3) is 0.588. The Morgan fingerprint density at radius 1 is 1.38 bits per heavy atom. The zero-order chi connectivity index (χ0) is 15.2. The Morgan fingerprint density at radius 3 is 2.71 bits per heavy atom. The first-order chi connectivity index (χ1) is 10.1. The van der Waals surface area contributed by atoms with Crippen LogP contribution in [0.1, 0.15) is 37.8 Å². The maximum absolute atomic E-state index is 12.5. The molecule has 0 radical (unpaired) electrons. The largest absolute Gasteiger partial charge is 0.376 e. The normalized spacial score (nSPS) is 21.6. The molecule has 1 aromatic rings. The van der Waals surface area contributed by atoms with Gasteiger partial charge in [-0.1, -0.05) is 37.3 Å². The summed E-state index contributed by atoms with van der Waals surface area (Å²) in [6.45, 7) is 3.37. The average Bonchev–Trinajstić information content (AvgIpc) is 2.54. The van der Waals surface area contributed by atoms with Gasteiger partial charge >= 0.3 is 0 Å². The van der Waals surface area contributed by atoms with Gasteiger partial charge in [0.1, 0.15) is 0 Å². The van der Waals surface area contributed by atoms with Gasteiger partial charge in [0, 0.05) is 26.2 Å². The Kier molecular flexibility index (Phi) is 5.76. The fourth-order valence-electron chi connectivity index (χ4n) is 2.81. The third kappa shape index (κ3) is 4.29. The van der Waals surface area contributed by atoms with Crippen LogP contribution in [0, 0.1) is 5.92 Å². The summed E-state index contributed by atoms with van der Waals surface area (Å²) < 4.78 is 5.70. The van der Waals surface area contributed by atoms with Gasteiger partial charge < -0.3 is 15.4 Å². The number of carbonyl (C=O) groups excluding carboxylic acids is 1. The van der Waals surface area contributed by atoms with Crippen molar-refractivity contribution >= 4 is 5.91 Å². The van der Waals surface area contributed by atoms with E-state index in [0.29, 0.717) is 6.54 Å². The third-order valence-corrected chi connectivity index (χ3v) is 4.24. The third-order valence-electron chi connectivity index (χ3n) is 4.24. The van der Waals surface area contributed by atoms with Gasteiger partial charge in [-0.3, -0.25) is 4.79 Å². The Morgan fingerprint density at radius 2 is 2.10 bits per heavy atom. The lowest BCUT2D eigenvalue weighted by Gasteiger charge is -2.30. The summed E-state index contributed by atoms with van der Waals surface area (Å²) in [5.74, 6) is -0.151. The van der Waals surface area contributed by atoms with Crippen molar-refractivity contribution < 1.29 is 9.53 Å². The monoisotopic (exact) mass is 290 g/mol. The van der Waals surface area contributed by atoms with Crippen LogP contribution in [0.3, 0.4) is 0 Å². The van der Waals surface area contributed by atoms with E-state index in [0.717, 1.165) is 25.0 Å². The highest BCUT2D eigenvalue weighted by molar-refractivity contribution is 5.79. The molecule has 0 spiro atoms. The maximum atomic E-state index is 12.5. The zero-order valence-corrected chi connectivity index (χ0v) is 13.0. The minimum atomic E-state index is -0.270. The van der Waals surface area contributed by atoms with Crippen molar-refractivity contribution in [3.8, 4) is 0 Å². The van der Waals surface area contributed by atoms with Crippen LogP contribution in [0.15, 0.2) is 30.3 Å². The molecule has 1 aliphatic rings. The summed E-state index contributed by atoms with van der Waals surface area (Å²) in [6.07, 6.45) is 3.53. The van der Waals surface area contributed by atoms with Gasteiger partial charge in [-0.15, -0.1) is 0 Å². The molecular weight excluding hydrogens is 264 g/mol. The van der Waals surface area contributed by atoms with Crippen molar-refractivity contribution in [3.63, 3.8) is 0 Å². The van der Waals surface area contributed by atoms with Crippen LogP contribution in [-0.4, -0.2) is 37.1 Å². The van der Waals surface area contributed by atoms with Crippen molar-refractivity contribution in [2.24, 2.45) is 11.7 Å². The van der Waals surface area contributed by atoms with E-state index >= 15 is 0 Å². The van der Waals surface area contributed by atoms with E-state index in [1.807, 2.05) is 44.3 Å². The predicted octanol–water partition coefficient (Wildman–Crippen LogP) is 2.35. The summed E-state index contributed by atoms with van der Waals surface area (Å²) >= 11 is 0. The topological polar surface area (TPSA) is 55.6 Å². The summed E-state index contributed by atoms with van der Waals surface area (Å²) in [6, 6.07) is 9.53. The molecule has 1 amide bonds. The minimum absolute atomic E-state index is 0.0838. The quantitative estimate of drug-likeness (QED) is 0.905. The number of rotatable bonds is 5. The molecule has 3 atom stereocenters. The summed E-state index contributed by atoms with van der Waals surface area (Å²) in [7, 11) is 1.84. The number of nitrogens with two attached hydrogens (primary N) is 1. The van der Waals surface area contributed by atoms with E-state index in [1.54, 1.807) is 4.90 Å². The Balaban J connectivity index is 1.91. The highest BCUT2D eigenvalue weighted by Crippen LogP contribution is 2.21. The molecule has 0 unspecified atom stereocenters. The van der Waals surface area contributed by atoms with Crippen molar-refractivity contribution in [3.05, 3.63) is 35.9 Å². The Hall–Kier alpha value is -1.39. The van der Waals surface area contributed by atoms with E-state index in [4.69, 9.17) is 10.5 Å². The number of carbonyl (C=O) groups is 1. The molecule has 116 valence electrons. The summed E-state index contributed by atoms with van der Waals surface area (Å²) in [4.78, 5) is 14.3. The van der Waals surface area contributed by atoms with E-state index in [2.05, 4.69) is 0 Å². The van der Waals surface area contributed by atoms with Crippen LogP contribution >= 0.6 is 0 Å². The SMILES string of the molecule is C[C@H](C(=O)N(C)C[C@@H]1CCCCO1)[C@H](N)c1ccccc1. The highest BCUT2D eigenvalue weighted by atomic mass is 16.5.